The molecule has 0 bridgehead atoms. The van der Waals surface area contributed by atoms with Crippen molar-refractivity contribution in [2.45, 2.75) is 0 Å². The van der Waals surface area contributed by atoms with E-state index in [-0.39, 0.29) is 5.91 Å². The maximum absolute atomic E-state index is 12.4. The van der Waals surface area contributed by atoms with Gasteiger partial charge in [-0.25, -0.2) is 4.79 Å². The van der Waals surface area contributed by atoms with E-state index in [1.165, 1.54) is 13.2 Å². The molecule has 0 saturated heterocycles. The number of nitrogens with one attached hydrogen (secondary N) is 1. The van der Waals surface area contributed by atoms with Gasteiger partial charge in [0.25, 0.3) is 5.91 Å². The van der Waals surface area contributed by atoms with E-state index in [0.717, 1.165) is 10.9 Å². The lowest BCUT2D eigenvalue weighted by Gasteiger charge is -2.09. The number of carbonyl (C=O) groups excluding carboxylic acids is 2. The first-order chi connectivity index (χ1) is 11.2. The second kappa shape index (κ2) is 6.27. The van der Waals surface area contributed by atoms with Crippen LogP contribution >= 0.6 is 0 Å². The SMILES string of the molecule is COC(=O)c1cccc(C(=O)Nc2cccc3ncccc23)c1. The monoisotopic (exact) mass is 306 g/mol. The van der Waals surface area contributed by atoms with Crippen molar-refractivity contribution >= 4 is 28.5 Å². The third kappa shape index (κ3) is 3.03. The highest BCUT2D eigenvalue weighted by Crippen LogP contribution is 2.22. The summed E-state index contributed by atoms with van der Waals surface area (Å²) in [6.07, 6.45) is 1.70. The molecule has 1 amide bonds. The van der Waals surface area contributed by atoms with Crippen LogP contribution in [0.4, 0.5) is 5.69 Å². The van der Waals surface area contributed by atoms with Crippen LogP contribution in [-0.4, -0.2) is 24.0 Å². The van der Waals surface area contributed by atoms with Gasteiger partial charge in [0.15, 0.2) is 0 Å². The Kier molecular flexibility index (Phi) is 4.01. The van der Waals surface area contributed by atoms with Crippen LogP contribution in [0.5, 0.6) is 0 Å². The Morgan fingerprint density at radius 1 is 1.00 bits per heavy atom. The molecule has 0 radical (unpaired) electrons. The predicted octanol–water partition coefficient (Wildman–Crippen LogP) is 3.27. The quantitative estimate of drug-likeness (QED) is 0.754. The van der Waals surface area contributed by atoms with E-state index < -0.39 is 5.97 Å². The van der Waals surface area contributed by atoms with Crippen molar-refractivity contribution in [2.24, 2.45) is 0 Å². The van der Waals surface area contributed by atoms with Gasteiger partial charge >= 0.3 is 5.97 Å². The zero-order valence-electron chi connectivity index (χ0n) is 12.4. The smallest absolute Gasteiger partial charge is 0.337 e. The van der Waals surface area contributed by atoms with Gasteiger partial charge in [0, 0.05) is 17.1 Å². The van der Waals surface area contributed by atoms with Gasteiger partial charge < -0.3 is 10.1 Å². The second-order valence-corrected chi connectivity index (χ2v) is 4.90. The minimum Gasteiger partial charge on any atom is -0.465 e. The summed E-state index contributed by atoms with van der Waals surface area (Å²) in [6.45, 7) is 0. The van der Waals surface area contributed by atoms with Crippen LogP contribution in [0.25, 0.3) is 10.9 Å². The first-order valence-corrected chi connectivity index (χ1v) is 7.02. The number of benzene rings is 2. The second-order valence-electron chi connectivity index (χ2n) is 4.90. The zero-order chi connectivity index (χ0) is 16.2. The minimum absolute atomic E-state index is 0.299. The number of aromatic nitrogens is 1. The van der Waals surface area contributed by atoms with Crippen LogP contribution in [0.15, 0.2) is 60.8 Å². The van der Waals surface area contributed by atoms with Crippen molar-refractivity contribution < 1.29 is 14.3 Å². The number of hydrogen-bond donors (Lipinski definition) is 1. The summed E-state index contributed by atoms with van der Waals surface area (Å²) in [7, 11) is 1.30. The maximum Gasteiger partial charge on any atom is 0.337 e. The Bertz CT molecular complexity index is 885. The van der Waals surface area contributed by atoms with Crippen LogP contribution in [0.3, 0.4) is 0 Å². The van der Waals surface area contributed by atoms with E-state index in [0.29, 0.717) is 16.8 Å². The van der Waals surface area contributed by atoms with Crippen molar-refractivity contribution in [1.29, 1.82) is 0 Å². The Morgan fingerprint density at radius 3 is 2.61 bits per heavy atom. The number of rotatable bonds is 3. The molecule has 2 aromatic carbocycles. The van der Waals surface area contributed by atoms with Crippen LogP contribution in [-0.2, 0) is 4.74 Å². The molecular formula is C18H14N2O3. The molecular weight excluding hydrogens is 292 g/mol. The van der Waals surface area contributed by atoms with Gasteiger partial charge in [-0.3, -0.25) is 9.78 Å². The van der Waals surface area contributed by atoms with E-state index in [4.69, 9.17) is 0 Å². The van der Waals surface area contributed by atoms with Gasteiger partial charge in [-0.2, -0.15) is 0 Å². The zero-order valence-corrected chi connectivity index (χ0v) is 12.4. The number of esters is 1. The van der Waals surface area contributed by atoms with Crippen molar-refractivity contribution in [3.8, 4) is 0 Å². The third-order valence-corrected chi connectivity index (χ3v) is 3.44. The van der Waals surface area contributed by atoms with Crippen LogP contribution in [0.2, 0.25) is 0 Å². The molecule has 3 rings (SSSR count). The highest BCUT2D eigenvalue weighted by atomic mass is 16.5. The molecule has 3 aromatic rings. The molecule has 5 nitrogen and oxygen atoms in total. The van der Waals surface area contributed by atoms with Crippen LogP contribution < -0.4 is 5.32 Å². The lowest BCUT2D eigenvalue weighted by Crippen LogP contribution is -2.13. The van der Waals surface area contributed by atoms with Crippen LogP contribution in [0.1, 0.15) is 20.7 Å². The van der Waals surface area contributed by atoms with E-state index in [9.17, 15) is 9.59 Å². The Hall–Kier alpha value is -3.21. The van der Waals surface area contributed by atoms with Crippen molar-refractivity contribution in [3.05, 3.63) is 71.9 Å². The summed E-state index contributed by atoms with van der Waals surface area (Å²) in [4.78, 5) is 28.3. The highest BCUT2D eigenvalue weighted by Gasteiger charge is 2.12. The van der Waals surface area contributed by atoms with E-state index in [2.05, 4.69) is 15.0 Å². The number of hydrogen-bond acceptors (Lipinski definition) is 4. The fourth-order valence-corrected chi connectivity index (χ4v) is 2.31. The number of ether oxygens (including phenoxy) is 1. The van der Waals surface area contributed by atoms with Gasteiger partial charge in [0.05, 0.1) is 23.9 Å². The molecule has 0 atom stereocenters. The number of methoxy groups -OCH3 is 1. The van der Waals surface area contributed by atoms with Gasteiger partial charge in [-0.15, -0.1) is 0 Å². The topological polar surface area (TPSA) is 68.3 Å². The summed E-state index contributed by atoms with van der Waals surface area (Å²) in [5.74, 6) is -0.777. The van der Waals surface area contributed by atoms with Crippen molar-refractivity contribution in [2.75, 3.05) is 12.4 Å². The average Bonchev–Trinajstić information content (AvgIpc) is 2.61. The lowest BCUT2D eigenvalue weighted by molar-refractivity contribution is 0.0600. The van der Waals surface area contributed by atoms with Crippen LogP contribution in [0, 0.1) is 0 Å². The molecule has 1 aromatic heterocycles. The predicted molar refractivity (Wildman–Crippen MR) is 87.5 cm³/mol. The largest absolute Gasteiger partial charge is 0.465 e. The fraction of sp³-hybridized carbons (Fsp3) is 0.0556. The maximum atomic E-state index is 12.4. The third-order valence-electron chi connectivity index (χ3n) is 3.44. The molecule has 1 N–H and O–H groups in total. The summed E-state index contributed by atoms with van der Waals surface area (Å²) in [5, 5.41) is 3.71. The minimum atomic E-state index is -0.478. The lowest BCUT2D eigenvalue weighted by atomic mass is 10.1. The standard InChI is InChI=1S/C18H14N2O3/c1-23-18(22)13-6-2-5-12(11-13)17(21)20-16-9-3-8-15-14(16)7-4-10-19-15/h2-11H,1H3,(H,20,21). The number of pyridine rings is 1. The molecule has 0 spiro atoms. The van der Waals surface area contributed by atoms with Crippen molar-refractivity contribution in [1.82, 2.24) is 4.98 Å². The summed E-state index contributed by atoms with van der Waals surface area (Å²) >= 11 is 0. The molecule has 5 heteroatoms. The van der Waals surface area contributed by atoms with Gasteiger partial charge in [0.1, 0.15) is 0 Å². The van der Waals surface area contributed by atoms with E-state index in [1.54, 1.807) is 24.4 Å². The number of fused-ring (bicyclic) bond motifs is 1. The Labute approximate surface area is 132 Å². The molecule has 0 unspecified atom stereocenters. The number of anilines is 1. The molecule has 0 saturated carbocycles. The summed E-state index contributed by atoms with van der Waals surface area (Å²) in [5.41, 5.74) is 2.19. The first-order valence-electron chi connectivity index (χ1n) is 7.02. The van der Waals surface area contributed by atoms with E-state index >= 15 is 0 Å². The molecule has 1 heterocycles. The molecule has 114 valence electrons. The highest BCUT2D eigenvalue weighted by molar-refractivity contribution is 6.09. The van der Waals surface area contributed by atoms with Gasteiger partial charge in [-0.05, 0) is 42.5 Å². The summed E-state index contributed by atoms with van der Waals surface area (Å²) < 4.78 is 4.67. The van der Waals surface area contributed by atoms with Crippen molar-refractivity contribution in [3.63, 3.8) is 0 Å². The molecule has 23 heavy (non-hydrogen) atoms. The fourth-order valence-electron chi connectivity index (χ4n) is 2.31. The number of nitrogens with zero attached hydrogens (tertiary/aromatic N) is 1. The number of carbonyl (C=O) groups is 2. The molecule has 0 aliphatic heterocycles. The summed E-state index contributed by atoms with van der Waals surface area (Å²) in [6, 6.07) is 15.6. The number of amides is 1. The average molecular weight is 306 g/mol. The molecule has 0 fully saturated rings. The Morgan fingerprint density at radius 2 is 1.78 bits per heavy atom. The van der Waals surface area contributed by atoms with Gasteiger partial charge in [0.2, 0.25) is 0 Å². The van der Waals surface area contributed by atoms with Gasteiger partial charge in [-0.1, -0.05) is 12.1 Å². The molecule has 0 aliphatic carbocycles. The normalized spacial score (nSPS) is 10.3. The van der Waals surface area contributed by atoms with E-state index in [1.807, 2.05) is 30.3 Å². The molecule has 0 aliphatic rings. The first kappa shape index (κ1) is 14.7. The Balaban J connectivity index is 1.91.